The monoisotopic (exact) mass is 539 g/mol. The fourth-order valence-electron chi connectivity index (χ4n) is 6.22. The number of amides is 1. The van der Waals surface area contributed by atoms with E-state index in [1.807, 2.05) is 25.2 Å². The molecule has 2 unspecified atom stereocenters. The summed E-state index contributed by atoms with van der Waals surface area (Å²) in [6.07, 6.45) is 4.14. The summed E-state index contributed by atoms with van der Waals surface area (Å²) in [6, 6.07) is 14.7. The number of hydrogen-bond acceptors (Lipinski definition) is 6. The lowest BCUT2D eigenvalue weighted by Crippen LogP contribution is -2.45. The van der Waals surface area contributed by atoms with Gasteiger partial charge in [-0.15, -0.1) is 0 Å². The third-order valence-corrected chi connectivity index (χ3v) is 8.43. The Hall–Kier alpha value is -4.09. The number of fused-ring (bicyclic) bond motifs is 2. The smallest absolute Gasteiger partial charge is 0.251 e. The molecule has 0 radical (unpaired) electrons. The molecule has 2 aliphatic rings. The van der Waals surface area contributed by atoms with Gasteiger partial charge in [0.2, 0.25) is 0 Å². The number of rotatable bonds is 10. The van der Waals surface area contributed by atoms with Crippen LogP contribution in [-0.2, 0) is 18.3 Å². The number of benzene rings is 2. The molecular formula is C32H41N7O. The Bertz CT molecular complexity index is 1300. The molecule has 2 aromatic carbocycles. The van der Waals surface area contributed by atoms with Crippen molar-refractivity contribution >= 4 is 17.4 Å². The summed E-state index contributed by atoms with van der Waals surface area (Å²) in [4.78, 5) is 19.2. The number of aryl methyl sites for hydroxylation is 2. The second kappa shape index (κ2) is 12.4. The van der Waals surface area contributed by atoms with Gasteiger partial charge in [0, 0.05) is 51.2 Å². The van der Waals surface area contributed by atoms with Gasteiger partial charge >= 0.3 is 0 Å². The van der Waals surface area contributed by atoms with Crippen LogP contribution < -0.4 is 21.7 Å². The lowest BCUT2D eigenvalue weighted by molar-refractivity contribution is 0.0963. The summed E-state index contributed by atoms with van der Waals surface area (Å²) in [6.45, 7) is 10.5. The summed E-state index contributed by atoms with van der Waals surface area (Å²) in [5, 5.41) is 18.9. The zero-order valence-corrected chi connectivity index (χ0v) is 23.9. The van der Waals surface area contributed by atoms with Gasteiger partial charge < -0.3 is 26.6 Å². The van der Waals surface area contributed by atoms with Gasteiger partial charge in [0.25, 0.3) is 5.91 Å². The Morgan fingerprint density at radius 2 is 1.77 bits per heavy atom. The predicted molar refractivity (Wildman–Crippen MR) is 162 cm³/mol. The number of likely N-dealkylation sites (tertiary alicyclic amines) is 1. The molecule has 0 saturated carbocycles. The molecule has 0 bridgehead atoms. The van der Waals surface area contributed by atoms with E-state index in [9.17, 15) is 10.1 Å². The lowest BCUT2D eigenvalue weighted by atomic mass is 9.68. The van der Waals surface area contributed by atoms with Crippen molar-refractivity contribution < 1.29 is 4.79 Å². The van der Waals surface area contributed by atoms with Gasteiger partial charge in [0.15, 0.2) is 0 Å². The van der Waals surface area contributed by atoms with Crippen LogP contribution in [-0.4, -0.2) is 63.5 Å². The molecule has 1 fully saturated rings. The number of nitrogens with one attached hydrogen (secondary N) is 3. The average Bonchev–Trinajstić information content (AvgIpc) is 3.43. The number of carbonyl (C=O) groups excluding carboxylic acids is 1. The second-order valence-corrected chi connectivity index (χ2v) is 10.5. The summed E-state index contributed by atoms with van der Waals surface area (Å²) < 4.78 is 0. The molecule has 0 spiro atoms. The van der Waals surface area contributed by atoms with Gasteiger partial charge in [-0.2, -0.15) is 5.26 Å². The standard InChI is InChI=1S/C32H41N7O/c1-21(39-16-6-7-27(39)19-33)20-38-15-14-32(31(34)37-5)28-12-10-23(22(2)35-3)17-24(28)8-9-25-18-26(30(40)36-4)11-13-29(25)32/h10-13,17-18,27,35,38H,1-2,6-9,14-16,20H2,3-5H3,(H2,34,37)(H,36,40). The van der Waals surface area contributed by atoms with Crippen molar-refractivity contribution in [1.82, 2.24) is 20.9 Å². The Labute approximate surface area is 238 Å². The SMILES string of the molecule is C=C(NC)c1ccc2c(c1)CCc1cc(C(=O)NC)ccc1C2(CCNCC(=C)N1CCCC1C#N)C(N)=NC. The minimum Gasteiger partial charge on any atom is -0.388 e. The summed E-state index contributed by atoms with van der Waals surface area (Å²) >= 11 is 0. The van der Waals surface area contributed by atoms with Crippen LogP contribution in [0, 0.1) is 11.3 Å². The number of carbonyl (C=O) groups is 1. The van der Waals surface area contributed by atoms with Crippen LogP contribution in [0.3, 0.4) is 0 Å². The maximum atomic E-state index is 12.5. The molecule has 40 heavy (non-hydrogen) atoms. The first-order valence-corrected chi connectivity index (χ1v) is 13.9. The van der Waals surface area contributed by atoms with Gasteiger partial charge in [0.05, 0.1) is 11.5 Å². The van der Waals surface area contributed by atoms with Crippen molar-refractivity contribution in [3.8, 4) is 6.07 Å². The van der Waals surface area contributed by atoms with E-state index >= 15 is 0 Å². The molecule has 8 nitrogen and oxygen atoms in total. The Morgan fingerprint density at radius 1 is 1.12 bits per heavy atom. The highest BCUT2D eigenvalue weighted by Gasteiger charge is 2.42. The van der Waals surface area contributed by atoms with Crippen LogP contribution in [0.15, 0.2) is 60.2 Å². The fourth-order valence-corrected chi connectivity index (χ4v) is 6.22. The van der Waals surface area contributed by atoms with Crippen LogP contribution in [0.2, 0.25) is 0 Å². The molecule has 2 aromatic rings. The Kier molecular flexibility index (Phi) is 8.96. The molecule has 1 amide bonds. The van der Waals surface area contributed by atoms with Crippen LogP contribution in [0.1, 0.15) is 57.4 Å². The minimum absolute atomic E-state index is 0.0970. The molecular weight excluding hydrogens is 498 g/mol. The highest BCUT2D eigenvalue weighted by Crippen LogP contribution is 2.43. The predicted octanol–water partition coefficient (Wildman–Crippen LogP) is 3.09. The number of nitrogens with two attached hydrogens (primary N) is 1. The van der Waals surface area contributed by atoms with E-state index in [2.05, 4.69) is 63.3 Å². The van der Waals surface area contributed by atoms with Crippen molar-refractivity contribution in [2.75, 3.05) is 40.8 Å². The maximum absolute atomic E-state index is 12.5. The molecule has 1 heterocycles. The molecule has 8 heteroatoms. The quantitative estimate of drug-likeness (QED) is 0.209. The topological polar surface area (TPSA) is 119 Å². The first kappa shape index (κ1) is 28.9. The third-order valence-electron chi connectivity index (χ3n) is 8.43. The van der Waals surface area contributed by atoms with Crippen molar-refractivity contribution in [3.63, 3.8) is 0 Å². The van der Waals surface area contributed by atoms with Crippen molar-refractivity contribution in [2.45, 2.75) is 43.6 Å². The number of aliphatic imine (C=N–C) groups is 1. The Balaban J connectivity index is 1.74. The summed E-state index contributed by atoms with van der Waals surface area (Å²) in [5.74, 6) is 0.423. The van der Waals surface area contributed by atoms with Crippen molar-refractivity contribution in [3.05, 3.63) is 88.6 Å². The van der Waals surface area contributed by atoms with E-state index in [-0.39, 0.29) is 11.9 Å². The van der Waals surface area contributed by atoms with E-state index in [0.29, 0.717) is 30.9 Å². The van der Waals surface area contributed by atoms with Gasteiger partial charge in [-0.3, -0.25) is 9.79 Å². The van der Waals surface area contributed by atoms with Gasteiger partial charge in [0.1, 0.15) is 11.9 Å². The fraction of sp³-hybridized carbons (Fsp3) is 0.406. The van der Waals surface area contributed by atoms with E-state index < -0.39 is 5.41 Å². The van der Waals surface area contributed by atoms with Crippen LogP contribution in [0.5, 0.6) is 0 Å². The molecule has 4 rings (SSSR count). The second-order valence-electron chi connectivity index (χ2n) is 10.5. The lowest BCUT2D eigenvalue weighted by Gasteiger charge is -2.37. The van der Waals surface area contributed by atoms with E-state index in [0.717, 1.165) is 65.9 Å². The molecule has 1 aliphatic heterocycles. The van der Waals surface area contributed by atoms with E-state index in [1.54, 1.807) is 14.1 Å². The summed E-state index contributed by atoms with van der Waals surface area (Å²) in [5.41, 5.74) is 14.1. The van der Waals surface area contributed by atoms with Gasteiger partial charge in [-0.25, -0.2) is 0 Å². The first-order chi connectivity index (χ1) is 19.3. The molecule has 0 aromatic heterocycles. The van der Waals surface area contributed by atoms with E-state index in [1.165, 1.54) is 5.56 Å². The number of nitrogens with zero attached hydrogens (tertiary/aromatic N) is 3. The van der Waals surface area contributed by atoms with Gasteiger partial charge in [-0.1, -0.05) is 31.4 Å². The molecule has 1 aliphatic carbocycles. The molecule has 1 saturated heterocycles. The normalized spacial score (nSPS) is 20.1. The summed E-state index contributed by atoms with van der Waals surface area (Å²) in [7, 11) is 5.26. The zero-order valence-electron chi connectivity index (χ0n) is 23.9. The largest absolute Gasteiger partial charge is 0.388 e. The number of hydrogen-bond donors (Lipinski definition) is 4. The highest BCUT2D eigenvalue weighted by molar-refractivity contribution is 5.98. The first-order valence-electron chi connectivity index (χ1n) is 13.9. The van der Waals surface area contributed by atoms with Crippen molar-refractivity contribution in [2.24, 2.45) is 10.7 Å². The number of nitriles is 1. The Morgan fingerprint density at radius 3 is 2.38 bits per heavy atom. The molecule has 5 N–H and O–H groups in total. The zero-order chi connectivity index (χ0) is 28.9. The minimum atomic E-state index is -0.687. The van der Waals surface area contributed by atoms with Gasteiger partial charge in [-0.05, 0) is 84.7 Å². The maximum Gasteiger partial charge on any atom is 0.251 e. The van der Waals surface area contributed by atoms with Crippen molar-refractivity contribution in [1.29, 1.82) is 5.26 Å². The molecule has 2 atom stereocenters. The third kappa shape index (κ3) is 5.34. The molecule has 210 valence electrons. The average molecular weight is 540 g/mol. The van der Waals surface area contributed by atoms with Crippen LogP contribution in [0.4, 0.5) is 0 Å². The van der Waals surface area contributed by atoms with Crippen LogP contribution >= 0.6 is 0 Å². The number of amidine groups is 1. The van der Waals surface area contributed by atoms with Crippen LogP contribution in [0.25, 0.3) is 5.70 Å². The van der Waals surface area contributed by atoms with E-state index in [4.69, 9.17) is 5.73 Å². The highest BCUT2D eigenvalue weighted by atomic mass is 16.1.